The normalized spacial score (nSPS) is 11.3. The van der Waals surface area contributed by atoms with Crippen molar-refractivity contribution < 1.29 is 4.74 Å². The lowest BCUT2D eigenvalue weighted by molar-refractivity contribution is 0.240. The molecule has 18 heavy (non-hydrogen) atoms. The fourth-order valence-corrected chi connectivity index (χ4v) is 3.58. The van der Waals surface area contributed by atoms with E-state index in [2.05, 4.69) is 62.4 Å². The van der Waals surface area contributed by atoms with Crippen LogP contribution in [0.25, 0.3) is 0 Å². The lowest BCUT2D eigenvalue weighted by Crippen LogP contribution is -2.17. The van der Waals surface area contributed by atoms with Crippen LogP contribution in [0.1, 0.15) is 19.4 Å². The smallest absolute Gasteiger partial charge is 0.122 e. The average Bonchev–Trinajstić information content (AvgIpc) is 2.38. The third-order valence-corrected chi connectivity index (χ3v) is 4.70. The van der Waals surface area contributed by atoms with Crippen LogP contribution in [-0.4, -0.2) is 15.6 Å². The minimum Gasteiger partial charge on any atom is -0.491 e. The summed E-state index contributed by atoms with van der Waals surface area (Å²) in [4.78, 5) is 0. The molecule has 0 radical (unpaired) electrons. The minimum absolute atomic E-state index is 0.240. The van der Waals surface area contributed by atoms with E-state index < -0.39 is 0 Å². The van der Waals surface area contributed by atoms with E-state index in [4.69, 9.17) is 4.74 Å². The Bertz CT molecular complexity index is 479. The second kappa shape index (κ2) is 6.41. The van der Waals surface area contributed by atoms with E-state index >= 15 is 0 Å². The summed E-state index contributed by atoms with van der Waals surface area (Å²) in [7, 11) is -0.245. The van der Waals surface area contributed by atoms with Gasteiger partial charge in [0.05, 0.1) is 15.6 Å². The van der Waals surface area contributed by atoms with Gasteiger partial charge in [0.15, 0.2) is 0 Å². The lowest BCUT2D eigenvalue weighted by atomic mass is 10.2. The van der Waals surface area contributed by atoms with Gasteiger partial charge >= 0.3 is 0 Å². The van der Waals surface area contributed by atoms with Gasteiger partial charge in [0.2, 0.25) is 0 Å². The molecule has 0 heterocycles. The van der Waals surface area contributed by atoms with Crippen molar-refractivity contribution in [2.24, 2.45) is 0 Å². The Morgan fingerprint density at radius 1 is 0.944 bits per heavy atom. The van der Waals surface area contributed by atoms with Gasteiger partial charge in [-0.3, -0.25) is 0 Å². The number of hydrogen-bond acceptors (Lipinski definition) is 1. The van der Waals surface area contributed by atoms with Crippen molar-refractivity contribution in [3.05, 3.63) is 60.2 Å². The Labute approximate surface area is 112 Å². The van der Waals surface area contributed by atoms with Crippen LogP contribution in [0.4, 0.5) is 0 Å². The topological polar surface area (TPSA) is 9.23 Å². The predicted octanol–water partition coefficient (Wildman–Crippen LogP) is 2.47. The molecule has 0 bridgehead atoms. The lowest BCUT2D eigenvalue weighted by Gasteiger charge is -2.13. The van der Waals surface area contributed by atoms with E-state index in [9.17, 15) is 0 Å². The first kappa shape index (κ1) is 12.9. The SMILES string of the molecule is CC(C)Oc1ccccc1C[SiH2]c1ccccc1. The van der Waals surface area contributed by atoms with Crippen LogP contribution in [0.5, 0.6) is 5.75 Å². The Kier molecular flexibility index (Phi) is 4.59. The molecule has 0 aliphatic carbocycles. The molecule has 2 heteroatoms. The monoisotopic (exact) mass is 256 g/mol. The summed E-state index contributed by atoms with van der Waals surface area (Å²) in [5.74, 6) is 1.05. The molecule has 2 rings (SSSR count). The zero-order valence-corrected chi connectivity index (χ0v) is 12.5. The molecule has 0 aliphatic rings. The molecule has 2 aromatic rings. The Morgan fingerprint density at radius 3 is 2.33 bits per heavy atom. The third-order valence-electron chi connectivity index (χ3n) is 2.86. The second-order valence-corrected chi connectivity index (χ2v) is 6.58. The Morgan fingerprint density at radius 2 is 1.61 bits per heavy atom. The van der Waals surface area contributed by atoms with Crippen molar-refractivity contribution in [2.75, 3.05) is 0 Å². The minimum atomic E-state index is -0.245. The largest absolute Gasteiger partial charge is 0.491 e. The van der Waals surface area contributed by atoms with Crippen LogP contribution in [0.3, 0.4) is 0 Å². The van der Waals surface area contributed by atoms with E-state index in [0.29, 0.717) is 0 Å². The molecule has 0 atom stereocenters. The second-order valence-electron chi connectivity index (χ2n) is 4.76. The van der Waals surface area contributed by atoms with Gasteiger partial charge in [-0.15, -0.1) is 0 Å². The van der Waals surface area contributed by atoms with Crippen LogP contribution >= 0.6 is 0 Å². The molecule has 0 amide bonds. The molecule has 1 nitrogen and oxygen atoms in total. The van der Waals surface area contributed by atoms with Crippen LogP contribution in [0.2, 0.25) is 0 Å². The fraction of sp³-hybridized carbons (Fsp3) is 0.250. The molecule has 0 unspecified atom stereocenters. The van der Waals surface area contributed by atoms with Crippen molar-refractivity contribution in [3.63, 3.8) is 0 Å². The van der Waals surface area contributed by atoms with E-state index in [1.54, 1.807) is 0 Å². The molecule has 0 fully saturated rings. The van der Waals surface area contributed by atoms with Crippen molar-refractivity contribution in [2.45, 2.75) is 26.0 Å². The molecule has 0 saturated heterocycles. The highest BCUT2D eigenvalue weighted by Gasteiger charge is 2.05. The maximum Gasteiger partial charge on any atom is 0.122 e. The predicted molar refractivity (Wildman–Crippen MR) is 80.5 cm³/mol. The van der Waals surface area contributed by atoms with Gasteiger partial charge in [0.25, 0.3) is 0 Å². The van der Waals surface area contributed by atoms with E-state index in [1.165, 1.54) is 10.8 Å². The van der Waals surface area contributed by atoms with Crippen LogP contribution in [0, 0.1) is 0 Å². The first-order valence-corrected chi connectivity index (χ1v) is 8.25. The number of benzene rings is 2. The average molecular weight is 256 g/mol. The molecule has 0 aromatic heterocycles. The van der Waals surface area contributed by atoms with Crippen LogP contribution in [-0.2, 0) is 6.04 Å². The maximum atomic E-state index is 5.86. The highest BCUT2D eigenvalue weighted by Crippen LogP contribution is 2.19. The molecule has 2 aromatic carbocycles. The maximum absolute atomic E-state index is 5.86. The van der Waals surface area contributed by atoms with Gasteiger partial charge in [-0.05, 0) is 31.5 Å². The molecule has 0 aliphatic heterocycles. The quantitative estimate of drug-likeness (QED) is 0.747. The summed E-state index contributed by atoms with van der Waals surface area (Å²) in [6, 6.07) is 20.4. The fourth-order valence-electron chi connectivity index (χ4n) is 2.00. The zero-order valence-electron chi connectivity index (χ0n) is 11.1. The van der Waals surface area contributed by atoms with Crippen molar-refractivity contribution in [3.8, 4) is 5.75 Å². The van der Waals surface area contributed by atoms with Gasteiger partial charge in [-0.25, -0.2) is 0 Å². The highest BCUT2D eigenvalue weighted by molar-refractivity contribution is 6.52. The van der Waals surface area contributed by atoms with E-state index in [0.717, 1.165) is 11.8 Å². The van der Waals surface area contributed by atoms with Gasteiger partial charge in [0.1, 0.15) is 5.75 Å². The van der Waals surface area contributed by atoms with Gasteiger partial charge < -0.3 is 4.74 Å². The van der Waals surface area contributed by atoms with Crippen molar-refractivity contribution >= 4 is 14.7 Å². The van der Waals surface area contributed by atoms with E-state index in [1.807, 2.05) is 6.07 Å². The van der Waals surface area contributed by atoms with Crippen molar-refractivity contribution in [1.82, 2.24) is 0 Å². The summed E-state index contributed by atoms with van der Waals surface area (Å²) in [5.41, 5.74) is 1.35. The first-order valence-electron chi connectivity index (χ1n) is 6.54. The Balaban J connectivity index is 2.05. The zero-order chi connectivity index (χ0) is 12.8. The van der Waals surface area contributed by atoms with Gasteiger partial charge in [0, 0.05) is 0 Å². The number of para-hydroxylation sites is 1. The van der Waals surface area contributed by atoms with Gasteiger partial charge in [-0.2, -0.15) is 0 Å². The summed E-state index contributed by atoms with van der Waals surface area (Å²) in [6.45, 7) is 4.15. The van der Waals surface area contributed by atoms with Crippen LogP contribution < -0.4 is 9.92 Å². The third kappa shape index (κ3) is 3.74. The summed E-state index contributed by atoms with van der Waals surface area (Å²) in [6.07, 6.45) is 0.240. The molecular formula is C16H20OSi. The standard InChI is InChI=1S/C16H20OSi/c1-13(2)17-16-11-7-6-8-14(16)12-18-15-9-4-3-5-10-15/h3-11,13H,12,18H2,1-2H3. The molecule has 0 spiro atoms. The number of ether oxygens (including phenoxy) is 1. The van der Waals surface area contributed by atoms with Gasteiger partial charge in [-0.1, -0.05) is 53.7 Å². The summed E-state index contributed by atoms with van der Waals surface area (Å²) in [5, 5.41) is 1.51. The summed E-state index contributed by atoms with van der Waals surface area (Å²) >= 11 is 0. The van der Waals surface area contributed by atoms with Crippen LogP contribution in [0.15, 0.2) is 54.6 Å². The molecule has 94 valence electrons. The van der Waals surface area contributed by atoms with E-state index in [-0.39, 0.29) is 15.6 Å². The Hall–Kier alpha value is -1.54. The molecule has 0 N–H and O–H groups in total. The molecule has 0 saturated carbocycles. The first-order chi connectivity index (χ1) is 8.75. The van der Waals surface area contributed by atoms with Crippen molar-refractivity contribution in [1.29, 1.82) is 0 Å². The highest BCUT2D eigenvalue weighted by atomic mass is 28.2. The number of hydrogen-bond donors (Lipinski definition) is 0. The summed E-state index contributed by atoms with van der Waals surface area (Å²) < 4.78 is 5.86. The number of rotatable bonds is 5. The molecular weight excluding hydrogens is 236 g/mol.